The van der Waals surface area contributed by atoms with Crippen LogP contribution in [-0.4, -0.2) is 67.8 Å². The molecule has 3 N–H and O–H groups in total. The minimum atomic E-state index is -0.465. The maximum absolute atomic E-state index is 11.3. The van der Waals surface area contributed by atoms with Crippen molar-refractivity contribution in [2.75, 3.05) is 18.4 Å². The van der Waals surface area contributed by atoms with Crippen LogP contribution in [0.4, 0.5) is 11.5 Å². The van der Waals surface area contributed by atoms with Gasteiger partial charge in [-0.05, 0) is 58.6 Å². The van der Waals surface area contributed by atoms with Gasteiger partial charge in [0.05, 0.1) is 41.1 Å². The third-order valence-electron chi connectivity index (χ3n) is 7.28. The molecule has 6 rings (SSSR count). The molecule has 1 aromatic carbocycles. The number of aromatic nitrogens is 4. The van der Waals surface area contributed by atoms with E-state index in [0.717, 1.165) is 70.7 Å². The summed E-state index contributed by atoms with van der Waals surface area (Å²) >= 11 is 1.72. The third kappa shape index (κ3) is 4.79. The summed E-state index contributed by atoms with van der Waals surface area (Å²) in [6.07, 6.45) is 5.93. The SMILES string of the molecule is CC(C)Oc1cc2[nH]ncc2cc1Nc1ncnc2sc3c(c12)CC[C@H](C(O)N1C[C@@H](C)O[C@@H](C)C1)C3. The Morgan fingerprint density at radius 2 is 2.03 bits per heavy atom. The lowest BCUT2D eigenvalue weighted by atomic mass is 9.86. The molecule has 9 nitrogen and oxygen atoms in total. The first-order valence-electron chi connectivity index (χ1n) is 13.1. The number of anilines is 2. The number of hydrogen-bond donors (Lipinski definition) is 3. The lowest BCUT2D eigenvalue weighted by Gasteiger charge is -2.41. The monoisotopic (exact) mass is 522 g/mol. The summed E-state index contributed by atoms with van der Waals surface area (Å²) in [7, 11) is 0. The minimum absolute atomic E-state index is 0.0287. The van der Waals surface area contributed by atoms with Gasteiger partial charge in [-0.15, -0.1) is 11.3 Å². The molecule has 1 aliphatic carbocycles. The molecule has 3 aromatic heterocycles. The highest BCUT2D eigenvalue weighted by molar-refractivity contribution is 7.19. The van der Waals surface area contributed by atoms with Crippen molar-refractivity contribution in [3.8, 4) is 5.75 Å². The van der Waals surface area contributed by atoms with Gasteiger partial charge < -0.3 is 19.9 Å². The average molecular weight is 523 g/mol. The molecule has 0 amide bonds. The molecular weight excluding hydrogens is 488 g/mol. The number of morpholine rings is 1. The lowest BCUT2D eigenvalue weighted by Crippen LogP contribution is -2.53. The van der Waals surface area contributed by atoms with Gasteiger partial charge in [0.15, 0.2) is 0 Å². The van der Waals surface area contributed by atoms with Crippen LogP contribution in [0.5, 0.6) is 5.75 Å². The molecule has 0 radical (unpaired) electrons. The van der Waals surface area contributed by atoms with Crippen molar-refractivity contribution in [2.45, 2.75) is 71.5 Å². The van der Waals surface area contributed by atoms with E-state index in [1.165, 1.54) is 10.4 Å². The molecule has 1 unspecified atom stereocenters. The van der Waals surface area contributed by atoms with Crippen LogP contribution in [-0.2, 0) is 17.6 Å². The van der Waals surface area contributed by atoms with E-state index in [1.807, 2.05) is 32.2 Å². The molecule has 4 aromatic rings. The fourth-order valence-corrected chi connectivity index (χ4v) is 7.04. The van der Waals surface area contributed by atoms with E-state index in [1.54, 1.807) is 17.7 Å². The van der Waals surface area contributed by atoms with Gasteiger partial charge in [-0.1, -0.05) is 0 Å². The molecule has 196 valence electrons. The summed E-state index contributed by atoms with van der Waals surface area (Å²) in [6.45, 7) is 9.72. The Labute approximate surface area is 220 Å². The van der Waals surface area contributed by atoms with Gasteiger partial charge in [0.1, 0.15) is 29.0 Å². The van der Waals surface area contributed by atoms with Gasteiger partial charge in [-0.25, -0.2) is 9.97 Å². The van der Waals surface area contributed by atoms with E-state index in [0.29, 0.717) is 0 Å². The first kappa shape index (κ1) is 24.5. The Morgan fingerprint density at radius 1 is 1.22 bits per heavy atom. The molecule has 1 fully saturated rings. The predicted molar refractivity (Wildman–Crippen MR) is 146 cm³/mol. The number of fused-ring (bicyclic) bond motifs is 4. The number of aryl methyl sites for hydroxylation is 1. The Hall–Kier alpha value is -2.79. The predicted octanol–water partition coefficient (Wildman–Crippen LogP) is 4.63. The highest BCUT2D eigenvalue weighted by Gasteiger charge is 2.35. The van der Waals surface area contributed by atoms with Crippen molar-refractivity contribution < 1.29 is 14.6 Å². The number of nitrogens with zero attached hydrogens (tertiary/aromatic N) is 4. The second-order valence-corrected chi connectivity index (χ2v) is 11.7. The first-order valence-corrected chi connectivity index (χ1v) is 13.9. The number of aliphatic hydroxyl groups excluding tert-OH is 1. The summed E-state index contributed by atoms with van der Waals surface area (Å²) in [5, 5.41) is 24.1. The van der Waals surface area contributed by atoms with E-state index in [2.05, 4.69) is 44.2 Å². The summed E-state index contributed by atoms with van der Waals surface area (Å²) in [6, 6.07) is 4.02. The van der Waals surface area contributed by atoms with Gasteiger partial charge in [-0.3, -0.25) is 10.00 Å². The maximum Gasteiger partial charge on any atom is 0.145 e. The van der Waals surface area contributed by atoms with E-state index in [-0.39, 0.29) is 24.2 Å². The standard InChI is InChI=1S/C27H34N6O3S/c1-14(2)35-22-9-20-18(10-30-32-20)7-21(22)31-25-24-19-6-5-17(8-23(19)37-26(24)29-13-28-25)27(34)33-11-15(3)36-16(4)12-33/h7,9-10,13-17,27,34H,5-6,8,11-12H2,1-4H3,(H,30,32)(H,28,29,31)/t15-,16+,17-,27?/m0/s1. The van der Waals surface area contributed by atoms with Crippen LogP contribution < -0.4 is 10.1 Å². The van der Waals surface area contributed by atoms with Crippen LogP contribution in [0.3, 0.4) is 0 Å². The minimum Gasteiger partial charge on any atom is -0.489 e. The van der Waals surface area contributed by atoms with Crippen LogP contribution in [0, 0.1) is 5.92 Å². The van der Waals surface area contributed by atoms with Crippen molar-refractivity contribution in [1.82, 2.24) is 25.1 Å². The van der Waals surface area contributed by atoms with Crippen molar-refractivity contribution in [3.05, 3.63) is 35.1 Å². The fraction of sp³-hybridized carbons (Fsp3) is 0.519. The topological polar surface area (TPSA) is 108 Å². The number of H-pyrrole nitrogens is 1. The van der Waals surface area contributed by atoms with E-state index in [4.69, 9.17) is 9.47 Å². The van der Waals surface area contributed by atoms with Crippen molar-refractivity contribution in [1.29, 1.82) is 0 Å². The second-order valence-electron chi connectivity index (χ2n) is 10.6. The third-order valence-corrected chi connectivity index (χ3v) is 8.45. The van der Waals surface area contributed by atoms with Crippen LogP contribution in [0.1, 0.15) is 44.6 Å². The lowest BCUT2D eigenvalue weighted by molar-refractivity contribution is -0.136. The number of rotatable bonds is 6. The fourth-order valence-electron chi connectivity index (χ4n) is 5.77. The molecule has 10 heteroatoms. The molecule has 0 saturated carbocycles. The van der Waals surface area contributed by atoms with E-state index >= 15 is 0 Å². The zero-order valence-corrected chi connectivity index (χ0v) is 22.5. The highest BCUT2D eigenvalue weighted by Crippen LogP contribution is 2.42. The number of thiophene rings is 1. The van der Waals surface area contributed by atoms with Crippen LogP contribution in [0.15, 0.2) is 24.7 Å². The molecule has 0 spiro atoms. The smallest absolute Gasteiger partial charge is 0.145 e. The van der Waals surface area contributed by atoms with Crippen LogP contribution in [0.25, 0.3) is 21.1 Å². The number of hydrogen-bond acceptors (Lipinski definition) is 9. The van der Waals surface area contributed by atoms with Crippen LogP contribution in [0.2, 0.25) is 0 Å². The van der Waals surface area contributed by atoms with Crippen molar-refractivity contribution in [2.24, 2.45) is 5.92 Å². The maximum atomic E-state index is 11.3. The normalized spacial score (nSPS) is 23.5. The van der Waals surface area contributed by atoms with E-state index in [9.17, 15) is 5.11 Å². The molecule has 1 saturated heterocycles. The van der Waals surface area contributed by atoms with Gasteiger partial charge in [-0.2, -0.15) is 5.10 Å². The molecule has 2 aliphatic rings. The Morgan fingerprint density at radius 3 is 2.81 bits per heavy atom. The number of nitrogens with one attached hydrogen (secondary N) is 2. The largest absolute Gasteiger partial charge is 0.489 e. The van der Waals surface area contributed by atoms with Crippen molar-refractivity contribution >= 4 is 44.0 Å². The summed E-state index contributed by atoms with van der Waals surface area (Å²) in [4.78, 5) is 13.7. The van der Waals surface area contributed by atoms with E-state index < -0.39 is 6.23 Å². The summed E-state index contributed by atoms with van der Waals surface area (Å²) in [5.41, 5.74) is 3.07. The molecule has 4 atom stereocenters. The average Bonchev–Trinajstić information content (AvgIpc) is 3.46. The Bertz CT molecular complexity index is 1410. The molecule has 4 heterocycles. The number of aromatic amines is 1. The van der Waals surface area contributed by atoms with Gasteiger partial charge in [0, 0.05) is 35.3 Å². The zero-order chi connectivity index (χ0) is 25.7. The van der Waals surface area contributed by atoms with Crippen LogP contribution >= 0.6 is 11.3 Å². The molecule has 1 aliphatic heterocycles. The number of aliphatic hydroxyl groups is 1. The second kappa shape index (κ2) is 9.83. The quantitative estimate of drug-likeness (QED) is 0.336. The zero-order valence-electron chi connectivity index (χ0n) is 21.7. The summed E-state index contributed by atoms with van der Waals surface area (Å²) in [5.74, 6) is 1.73. The highest BCUT2D eigenvalue weighted by atomic mass is 32.1. The molecular formula is C27H34N6O3S. The van der Waals surface area contributed by atoms with Crippen molar-refractivity contribution in [3.63, 3.8) is 0 Å². The Balaban J connectivity index is 1.30. The number of ether oxygens (including phenoxy) is 2. The van der Waals surface area contributed by atoms with Gasteiger partial charge in [0.2, 0.25) is 0 Å². The van der Waals surface area contributed by atoms with Gasteiger partial charge in [0.25, 0.3) is 0 Å². The summed E-state index contributed by atoms with van der Waals surface area (Å²) < 4.78 is 12.0. The number of benzene rings is 1. The Kier molecular flexibility index (Phi) is 6.52. The molecule has 0 bridgehead atoms. The molecule has 37 heavy (non-hydrogen) atoms. The first-order chi connectivity index (χ1) is 17.9. The van der Waals surface area contributed by atoms with Gasteiger partial charge >= 0.3 is 0 Å².